The number of carbonyl (C=O) groups excluding carboxylic acids is 1. The number of carboxylic acids is 1. The van der Waals surface area contributed by atoms with Crippen molar-refractivity contribution in [1.29, 1.82) is 0 Å². The van der Waals surface area contributed by atoms with Crippen LogP contribution in [0, 0.1) is 0 Å². The standard InChI is InChI=1S/C9H12O4/c1-2-3-4-7-13-9(12)6-5-8(10)11/h2,5-6H,1,3-4,7H2,(H,10,11)/b6-5+. The molecule has 0 saturated carbocycles. The summed E-state index contributed by atoms with van der Waals surface area (Å²) >= 11 is 0. The largest absolute Gasteiger partial charge is 0.478 e. The third-order valence-corrected chi connectivity index (χ3v) is 1.16. The monoisotopic (exact) mass is 184 g/mol. The maximum Gasteiger partial charge on any atom is 0.331 e. The zero-order valence-corrected chi connectivity index (χ0v) is 7.23. The average Bonchev–Trinajstić information content (AvgIpc) is 2.09. The summed E-state index contributed by atoms with van der Waals surface area (Å²) < 4.78 is 4.66. The molecule has 4 heteroatoms. The van der Waals surface area contributed by atoms with Gasteiger partial charge in [-0.05, 0) is 12.8 Å². The summed E-state index contributed by atoms with van der Waals surface area (Å²) in [6.45, 7) is 3.79. The van der Waals surface area contributed by atoms with Crippen LogP contribution >= 0.6 is 0 Å². The van der Waals surface area contributed by atoms with Gasteiger partial charge in [0.1, 0.15) is 0 Å². The summed E-state index contributed by atoms with van der Waals surface area (Å²) in [5.41, 5.74) is 0. The van der Waals surface area contributed by atoms with Crippen molar-refractivity contribution in [2.45, 2.75) is 12.8 Å². The van der Waals surface area contributed by atoms with Gasteiger partial charge < -0.3 is 9.84 Å². The molecule has 0 bridgehead atoms. The molecule has 0 spiro atoms. The normalized spacial score (nSPS) is 9.85. The highest BCUT2D eigenvalue weighted by atomic mass is 16.5. The fraction of sp³-hybridized carbons (Fsp3) is 0.333. The molecule has 0 aromatic heterocycles. The Hall–Kier alpha value is -1.58. The maximum absolute atomic E-state index is 10.7. The van der Waals surface area contributed by atoms with Crippen LogP contribution in [-0.2, 0) is 14.3 Å². The van der Waals surface area contributed by atoms with E-state index >= 15 is 0 Å². The molecular weight excluding hydrogens is 172 g/mol. The molecule has 0 fully saturated rings. The fourth-order valence-corrected chi connectivity index (χ4v) is 0.588. The average molecular weight is 184 g/mol. The van der Waals surface area contributed by atoms with Gasteiger partial charge in [0.25, 0.3) is 0 Å². The summed E-state index contributed by atoms with van der Waals surface area (Å²) in [5, 5.41) is 8.16. The first-order valence-corrected chi connectivity index (χ1v) is 3.85. The van der Waals surface area contributed by atoms with Crippen molar-refractivity contribution in [2.24, 2.45) is 0 Å². The lowest BCUT2D eigenvalue weighted by molar-refractivity contribution is -0.138. The topological polar surface area (TPSA) is 63.6 Å². The van der Waals surface area contributed by atoms with Crippen LogP contribution in [0.25, 0.3) is 0 Å². The molecule has 0 amide bonds. The molecule has 0 radical (unpaired) electrons. The number of hydrogen-bond donors (Lipinski definition) is 1. The first-order chi connectivity index (χ1) is 6.16. The van der Waals surface area contributed by atoms with Gasteiger partial charge in [0, 0.05) is 12.2 Å². The summed E-state index contributed by atoms with van der Waals surface area (Å²) in [5.74, 6) is -1.80. The Balaban J connectivity index is 3.51. The summed E-state index contributed by atoms with van der Waals surface area (Å²) in [6.07, 6.45) is 4.83. The van der Waals surface area contributed by atoms with Gasteiger partial charge in [-0.1, -0.05) is 6.08 Å². The van der Waals surface area contributed by atoms with Gasteiger partial charge in [-0.3, -0.25) is 0 Å². The maximum atomic E-state index is 10.7. The Kier molecular flexibility index (Phi) is 6.23. The number of unbranched alkanes of at least 4 members (excludes halogenated alkanes) is 1. The number of hydrogen-bond acceptors (Lipinski definition) is 3. The van der Waals surface area contributed by atoms with Crippen LogP contribution in [0.5, 0.6) is 0 Å². The second-order valence-electron chi connectivity index (χ2n) is 2.27. The Morgan fingerprint density at radius 2 is 2.08 bits per heavy atom. The van der Waals surface area contributed by atoms with E-state index in [9.17, 15) is 9.59 Å². The van der Waals surface area contributed by atoms with E-state index < -0.39 is 11.9 Å². The van der Waals surface area contributed by atoms with E-state index in [1.54, 1.807) is 6.08 Å². The molecule has 72 valence electrons. The van der Waals surface area contributed by atoms with Gasteiger partial charge >= 0.3 is 11.9 Å². The van der Waals surface area contributed by atoms with Crippen molar-refractivity contribution < 1.29 is 19.4 Å². The molecule has 0 saturated heterocycles. The van der Waals surface area contributed by atoms with Crippen molar-refractivity contribution in [2.75, 3.05) is 6.61 Å². The minimum atomic E-state index is -1.16. The Bertz CT molecular complexity index is 218. The van der Waals surface area contributed by atoms with Crippen molar-refractivity contribution in [3.63, 3.8) is 0 Å². The number of aliphatic carboxylic acids is 1. The molecule has 0 atom stereocenters. The van der Waals surface area contributed by atoms with Gasteiger partial charge in [0.05, 0.1) is 6.61 Å². The van der Waals surface area contributed by atoms with Crippen LogP contribution in [0.2, 0.25) is 0 Å². The lowest BCUT2D eigenvalue weighted by Crippen LogP contribution is -2.03. The van der Waals surface area contributed by atoms with Crippen LogP contribution in [0.4, 0.5) is 0 Å². The molecule has 1 N–H and O–H groups in total. The molecule has 0 aromatic carbocycles. The molecule has 13 heavy (non-hydrogen) atoms. The number of esters is 1. The first-order valence-electron chi connectivity index (χ1n) is 3.85. The minimum Gasteiger partial charge on any atom is -0.478 e. The van der Waals surface area contributed by atoms with E-state index in [1.165, 1.54) is 0 Å². The highest BCUT2D eigenvalue weighted by Gasteiger charge is 1.96. The molecule has 0 aromatic rings. The van der Waals surface area contributed by atoms with E-state index in [2.05, 4.69) is 11.3 Å². The molecule has 4 nitrogen and oxygen atoms in total. The van der Waals surface area contributed by atoms with Crippen molar-refractivity contribution in [3.05, 3.63) is 24.8 Å². The van der Waals surface area contributed by atoms with Crippen LogP contribution in [0.15, 0.2) is 24.8 Å². The predicted molar refractivity (Wildman–Crippen MR) is 47.2 cm³/mol. The van der Waals surface area contributed by atoms with Crippen molar-refractivity contribution in [1.82, 2.24) is 0 Å². The lowest BCUT2D eigenvalue weighted by Gasteiger charge is -1.98. The zero-order valence-electron chi connectivity index (χ0n) is 7.23. The minimum absolute atomic E-state index is 0.287. The number of carboxylic acid groups (broad SMARTS) is 1. The van der Waals surface area contributed by atoms with Crippen LogP contribution in [-0.4, -0.2) is 23.7 Å². The fourth-order valence-electron chi connectivity index (χ4n) is 0.588. The molecule has 0 heterocycles. The Morgan fingerprint density at radius 3 is 2.62 bits per heavy atom. The third kappa shape index (κ3) is 8.33. The van der Waals surface area contributed by atoms with E-state index in [-0.39, 0.29) is 6.61 Å². The SMILES string of the molecule is C=CCCCOC(=O)/C=C/C(=O)O. The van der Waals surface area contributed by atoms with Gasteiger partial charge in [-0.2, -0.15) is 0 Å². The number of allylic oxidation sites excluding steroid dienone is 1. The Morgan fingerprint density at radius 1 is 1.38 bits per heavy atom. The Labute approximate surface area is 76.5 Å². The molecule has 0 aliphatic carbocycles. The van der Waals surface area contributed by atoms with Crippen LogP contribution in [0.3, 0.4) is 0 Å². The molecule has 0 unspecified atom stereocenters. The first kappa shape index (κ1) is 11.4. The van der Waals surface area contributed by atoms with E-state index in [1.807, 2.05) is 0 Å². The van der Waals surface area contributed by atoms with Crippen LogP contribution < -0.4 is 0 Å². The van der Waals surface area contributed by atoms with Gasteiger partial charge in [-0.25, -0.2) is 9.59 Å². The van der Waals surface area contributed by atoms with Crippen LogP contribution in [0.1, 0.15) is 12.8 Å². The van der Waals surface area contributed by atoms with Crippen molar-refractivity contribution >= 4 is 11.9 Å². The van der Waals surface area contributed by atoms with Crippen molar-refractivity contribution in [3.8, 4) is 0 Å². The van der Waals surface area contributed by atoms with Gasteiger partial charge in [0.15, 0.2) is 0 Å². The van der Waals surface area contributed by atoms with E-state index in [4.69, 9.17) is 5.11 Å². The third-order valence-electron chi connectivity index (χ3n) is 1.16. The molecule has 0 rings (SSSR count). The summed E-state index contributed by atoms with van der Waals surface area (Å²) in [6, 6.07) is 0. The second kappa shape index (κ2) is 7.09. The lowest BCUT2D eigenvalue weighted by atomic mass is 10.3. The zero-order chi connectivity index (χ0) is 10.1. The highest BCUT2D eigenvalue weighted by Crippen LogP contribution is 1.91. The summed E-state index contributed by atoms with van der Waals surface area (Å²) in [7, 11) is 0. The van der Waals surface area contributed by atoms with E-state index in [0.29, 0.717) is 6.42 Å². The quantitative estimate of drug-likeness (QED) is 0.291. The summed E-state index contributed by atoms with van der Waals surface area (Å²) in [4.78, 5) is 20.7. The molecule has 0 aliphatic heterocycles. The number of ether oxygens (including phenoxy) is 1. The van der Waals surface area contributed by atoms with E-state index in [0.717, 1.165) is 18.6 Å². The highest BCUT2D eigenvalue weighted by molar-refractivity contribution is 5.90. The smallest absolute Gasteiger partial charge is 0.331 e. The number of rotatable bonds is 6. The number of carbonyl (C=O) groups is 2. The van der Waals surface area contributed by atoms with Gasteiger partial charge in [-0.15, -0.1) is 6.58 Å². The van der Waals surface area contributed by atoms with Gasteiger partial charge in [0.2, 0.25) is 0 Å². The second-order valence-corrected chi connectivity index (χ2v) is 2.27. The predicted octanol–water partition coefficient (Wildman–Crippen LogP) is 1.14. The molecule has 0 aliphatic rings. The molecular formula is C9H12O4.